The van der Waals surface area contributed by atoms with E-state index in [1.54, 1.807) is 10.3 Å². The summed E-state index contributed by atoms with van der Waals surface area (Å²) in [5, 5.41) is 4.70. The van der Waals surface area contributed by atoms with Crippen molar-refractivity contribution in [3.63, 3.8) is 0 Å². The lowest BCUT2D eigenvalue weighted by Gasteiger charge is -2.27. The van der Waals surface area contributed by atoms with Crippen LogP contribution in [0, 0.1) is 0 Å². The number of alkyl halides is 2. The van der Waals surface area contributed by atoms with Crippen molar-refractivity contribution in [2.24, 2.45) is 0 Å². The van der Waals surface area contributed by atoms with Crippen molar-refractivity contribution in [3.8, 4) is 5.75 Å². The van der Waals surface area contributed by atoms with Gasteiger partial charge in [0.2, 0.25) is 0 Å². The minimum absolute atomic E-state index is 0. The average Bonchev–Trinajstić information content (AvgIpc) is 2.76. The van der Waals surface area contributed by atoms with E-state index in [4.69, 9.17) is 0 Å². The molecular formula is C10H13ClF2N2O2S. The molecule has 1 fully saturated rings. The quantitative estimate of drug-likeness (QED) is 0.925. The summed E-state index contributed by atoms with van der Waals surface area (Å²) in [6.45, 7) is -0.279. The van der Waals surface area contributed by atoms with Gasteiger partial charge in [-0.2, -0.15) is 8.78 Å². The number of ether oxygens (including phenoxy) is 1. The highest BCUT2D eigenvalue weighted by molar-refractivity contribution is 7.12. The van der Waals surface area contributed by atoms with E-state index in [0.717, 1.165) is 24.4 Å². The number of nitrogens with zero attached hydrogens (tertiary/aromatic N) is 1. The standard InChI is InChI=1S/C10H12F2N2O2S.ClH/c11-10(12)16-7-1-6-17-8(7)9(15)14-4-2-13-3-5-14;/h1,6,10,13H,2-5H2;1H. The van der Waals surface area contributed by atoms with Crippen molar-refractivity contribution < 1.29 is 18.3 Å². The zero-order chi connectivity index (χ0) is 12.3. The van der Waals surface area contributed by atoms with Gasteiger partial charge >= 0.3 is 6.61 Å². The molecule has 1 saturated heterocycles. The highest BCUT2D eigenvalue weighted by Gasteiger charge is 2.23. The van der Waals surface area contributed by atoms with Crippen LogP contribution >= 0.6 is 23.7 Å². The summed E-state index contributed by atoms with van der Waals surface area (Å²) >= 11 is 1.12. The van der Waals surface area contributed by atoms with E-state index in [1.165, 1.54) is 6.07 Å². The highest BCUT2D eigenvalue weighted by atomic mass is 35.5. The van der Waals surface area contributed by atoms with Crippen LogP contribution in [0.3, 0.4) is 0 Å². The lowest BCUT2D eigenvalue weighted by atomic mass is 10.3. The van der Waals surface area contributed by atoms with Gasteiger partial charge in [0, 0.05) is 26.2 Å². The third kappa shape index (κ3) is 3.54. The van der Waals surface area contributed by atoms with E-state index in [9.17, 15) is 13.6 Å². The van der Waals surface area contributed by atoms with Gasteiger partial charge in [0.05, 0.1) is 0 Å². The Morgan fingerprint density at radius 2 is 2.11 bits per heavy atom. The molecule has 0 unspecified atom stereocenters. The second kappa shape index (κ2) is 6.86. The first-order valence-corrected chi connectivity index (χ1v) is 6.09. The molecule has 1 amide bonds. The Morgan fingerprint density at radius 3 is 2.72 bits per heavy atom. The molecule has 2 heterocycles. The van der Waals surface area contributed by atoms with E-state index in [2.05, 4.69) is 10.1 Å². The van der Waals surface area contributed by atoms with Crippen LogP contribution in [0.2, 0.25) is 0 Å². The molecule has 1 aliphatic heterocycles. The first kappa shape index (κ1) is 15.1. The maximum Gasteiger partial charge on any atom is 0.387 e. The van der Waals surface area contributed by atoms with E-state index < -0.39 is 6.61 Å². The third-order valence-corrected chi connectivity index (χ3v) is 3.33. The van der Waals surface area contributed by atoms with Crippen molar-refractivity contribution in [2.75, 3.05) is 26.2 Å². The number of hydrogen-bond donors (Lipinski definition) is 1. The summed E-state index contributed by atoms with van der Waals surface area (Å²) < 4.78 is 28.6. The van der Waals surface area contributed by atoms with Crippen LogP contribution in [0.4, 0.5) is 8.78 Å². The van der Waals surface area contributed by atoms with Crippen LogP contribution in [-0.2, 0) is 0 Å². The van der Waals surface area contributed by atoms with Crippen LogP contribution < -0.4 is 10.1 Å². The topological polar surface area (TPSA) is 41.6 Å². The molecule has 4 nitrogen and oxygen atoms in total. The number of amides is 1. The predicted octanol–water partition coefficient (Wildman–Crippen LogP) is 1.82. The first-order chi connectivity index (χ1) is 8.18. The second-order valence-corrected chi connectivity index (χ2v) is 4.45. The van der Waals surface area contributed by atoms with Crippen molar-refractivity contribution in [3.05, 3.63) is 16.3 Å². The van der Waals surface area contributed by atoms with Crippen LogP contribution in [0.1, 0.15) is 9.67 Å². The maximum absolute atomic E-state index is 12.1. The average molecular weight is 299 g/mol. The summed E-state index contributed by atoms with van der Waals surface area (Å²) in [6, 6.07) is 1.40. The fourth-order valence-electron chi connectivity index (χ4n) is 1.65. The number of carbonyl (C=O) groups is 1. The van der Waals surface area contributed by atoms with E-state index in [1.807, 2.05) is 0 Å². The normalized spacial score (nSPS) is 15.4. The molecule has 0 bridgehead atoms. The summed E-state index contributed by atoms with van der Waals surface area (Å²) in [4.78, 5) is 13.9. The molecule has 0 spiro atoms. The third-order valence-electron chi connectivity index (χ3n) is 2.44. The van der Waals surface area contributed by atoms with Gasteiger partial charge in [-0.25, -0.2) is 0 Å². The van der Waals surface area contributed by atoms with Gasteiger partial charge in [0.1, 0.15) is 10.6 Å². The van der Waals surface area contributed by atoms with Gasteiger partial charge < -0.3 is 15.0 Å². The minimum Gasteiger partial charge on any atom is -0.433 e. The lowest BCUT2D eigenvalue weighted by molar-refractivity contribution is -0.0499. The van der Waals surface area contributed by atoms with E-state index in [-0.39, 0.29) is 28.9 Å². The summed E-state index contributed by atoms with van der Waals surface area (Å²) in [5.41, 5.74) is 0. The molecular weight excluding hydrogens is 286 g/mol. The number of halogens is 3. The fraction of sp³-hybridized carbons (Fsp3) is 0.500. The van der Waals surface area contributed by atoms with Gasteiger partial charge in [0.25, 0.3) is 5.91 Å². The van der Waals surface area contributed by atoms with Crippen LogP contribution in [0.25, 0.3) is 0 Å². The second-order valence-electron chi connectivity index (χ2n) is 3.53. The van der Waals surface area contributed by atoms with Crippen molar-refractivity contribution in [1.29, 1.82) is 0 Å². The van der Waals surface area contributed by atoms with Gasteiger partial charge in [-0.05, 0) is 11.4 Å². The molecule has 1 N–H and O–H groups in total. The Labute approximate surface area is 113 Å². The fourth-order valence-corrected chi connectivity index (χ4v) is 2.44. The van der Waals surface area contributed by atoms with E-state index in [0.29, 0.717) is 13.1 Å². The molecule has 8 heteroatoms. The Kier molecular flexibility index (Phi) is 5.77. The molecule has 0 atom stereocenters. The Bertz CT molecular complexity index is 397. The molecule has 0 saturated carbocycles. The number of piperazine rings is 1. The zero-order valence-electron chi connectivity index (χ0n) is 9.40. The Hall–Kier alpha value is -0.920. The van der Waals surface area contributed by atoms with Crippen molar-refractivity contribution in [1.82, 2.24) is 10.2 Å². The molecule has 2 rings (SSSR count). The molecule has 18 heavy (non-hydrogen) atoms. The number of carbonyl (C=O) groups excluding carboxylic acids is 1. The van der Waals surface area contributed by atoms with Crippen LogP contribution in [0.15, 0.2) is 11.4 Å². The Balaban J connectivity index is 0.00000162. The molecule has 0 radical (unpaired) electrons. The van der Waals surface area contributed by atoms with Gasteiger partial charge in [-0.3, -0.25) is 4.79 Å². The van der Waals surface area contributed by atoms with Gasteiger partial charge in [-0.15, -0.1) is 23.7 Å². The van der Waals surface area contributed by atoms with Crippen LogP contribution in [0.5, 0.6) is 5.75 Å². The number of nitrogens with one attached hydrogen (secondary N) is 1. The lowest BCUT2D eigenvalue weighted by Crippen LogP contribution is -2.46. The molecule has 1 aromatic heterocycles. The molecule has 0 aliphatic carbocycles. The largest absolute Gasteiger partial charge is 0.433 e. The van der Waals surface area contributed by atoms with Crippen molar-refractivity contribution in [2.45, 2.75) is 6.61 Å². The molecule has 1 aromatic rings. The number of thiophene rings is 1. The monoisotopic (exact) mass is 298 g/mol. The molecule has 1 aliphatic rings. The first-order valence-electron chi connectivity index (χ1n) is 5.21. The predicted molar refractivity (Wildman–Crippen MR) is 67.0 cm³/mol. The smallest absolute Gasteiger partial charge is 0.387 e. The van der Waals surface area contributed by atoms with Gasteiger partial charge in [-0.1, -0.05) is 0 Å². The minimum atomic E-state index is -2.90. The van der Waals surface area contributed by atoms with Gasteiger partial charge in [0.15, 0.2) is 0 Å². The number of hydrogen-bond acceptors (Lipinski definition) is 4. The Morgan fingerprint density at radius 1 is 1.44 bits per heavy atom. The summed E-state index contributed by atoms with van der Waals surface area (Å²) in [6.07, 6.45) is 0. The summed E-state index contributed by atoms with van der Waals surface area (Å²) in [5.74, 6) is -0.273. The zero-order valence-corrected chi connectivity index (χ0v) is 11.0. The molecule has 102 valence electrons. The maximum atomic E-state index is 12.1. The van der Waals surface area contributed by atoms with E-state index >= 15 is 0 Å². The summed E-state index contributed by atoms with van der Waals surface area (Å²) in [7, 11) is 0. The SMILES string of the molecule is Cl.O=C(c1sccc1OC(F)F)N1CCNCC1. The van der Waals surface area contributed by atoms with Crippen molar-refractivity contribution >= 4 is 29.7 Å². The molecule has 0 aromatic carbocycles. The number of rotatable bonds is 3. The highest BCUT2D eigenvalue weighted by Crippen LogP contribution is 2.27. The van der Waals surface area contributed by atoms with Crippen LogP contribution in [-0.4, -0.2) is 43.6 Å².